The smallest absolute Gasteiger partial charge is 0.198 e. The van der Waals surface area contributed by atoms with Crippen molar-refractivity contribution >= 4 is 84.1 Å². The molecular weight excluding hydrogens is 535 g/mol. The van der Waals surface area contributed by atoms with Gasteiger partial charge in [-0.2, -0.15) is 0 Å². The van der Waals surface area contributed by atoms with Gasteiger partial charge >= 0.3 is 0 Å². The Morgan fingerprint density at radius 1 is 0.568 bits per heavy atom. The zero-order valence-electron chi connectivity index (χ0n) is 23.8. The van der Waals surface area contributed by atoms with Crippen LogP contribution in [0.2, 0.25) is 0 Å². The lowest BCUT2D eigenvalue weighted by Crippen LogP contribution is -2.37. The first-order valence-electron chi connectivity index (χ1n) is 15.2. The van der Waals surface area contributed by atoms with Crippen molar-refractivity contribution in [3.63, 3.8) is 0 Å². The van der Waals surface area contributed by atoms with E-state index in [0.29, 0.717) is 0 Å². The van der Waals surface area contributed by atoms with Gasteiger partial charge in [-0.15, -0.1) is 0 Å². The van der Waals surface area contributed by atoms with E-state index in [1.165, 1.54) is 60.3 Å². The predicted molar refractivity (Wildman–Crippen MR) is 187 cm³/mol. The highest BCUT2D eigenvalue weighted by Crippen LogP contribution is 2.45. The maximum Gasteiger partial charge on any atom is 0.198 e. The van der Waals surface area contributed by atoms with E-state index < -0.39 is 0 Å². The fraction of sp³-hybridized carbons (Fsp3) is 0. The quantitative estimate of drug-likeness (QED) is 0.219. The molecule has 204 valence electrons. The van der Waals surface area contributed by atoms with Gasteiger partial charge in [0, 0.05) is 50.1 Å². The van der Waals surface area contributed by atoms with Crippen LogP contribution in [0, 0.1) is 0 Å². The third-order valence-corrected chi connectivity index (χ3v) is 9.37. The fourth-order valence-corrected chi connectivity index (χ4v) is 7.56. The highest BCUT2D eigenvalue weighted by Gasteiger charge is 2.29. The zero-order valence-corrected chi connectivity index (χ0v) is 23.8. The van der Waals surface area contributed by atoms with Crippen LogP contribution < -0.4 is 16.2 Å². The summed E-state index contributed by atoms with van der Waals surface area (Å²) in [6, 6.07) is 50.0. The normalized spacial score (nSPS) is 12.3. The number of hydrogen-bond acceptors (Lipinski definition) is 2. The molecule has 1 aliphatic heterocycles. The van der Waals surface area contributed by atoms with Crippen LogP contribution in [-0.4, -0.2) is 11.8 Å². The topological polar surface area (TPSA) is 30.1 Å². The minimum atomic E-state index is 0.859. The van der Waals surface area contributed by atoms with Gasteiger partial charge < -0.3 is 14.3 Å². The maximum absolute atomic E-state index is 6.41. The number of nitrogens with one attached hydrogen (secondary N) is 1. The lowest BCUT2D eigenvalue weighted by atomic mass is 9.58. The molecule has 0 amide bonds. The molecule has 3 heterocycles. The van der Waals surface area contributed by atoms with Crippen LogP contribution in [0.15, 0.2) is 144 Å². The van der Waals surface area contributed by atoms with E-state index in [9.17, 15) is 0 Å². The second-order valence-electron chi connectivity index (χ2n) is 11.8. The monoisotopic (exact) mass is 560 g/mol. The fourth-order valence-electron chi connectivity index (χ4n) is 7.56. The number of rotatable bonds is 3. The van der Waals surface area contributed by atoms with Gasteiger partial charge in [0.15, 0.2) is 7.28 Å². The molecule has 0 unspecified atom stereocenters. The third-order valence-electron chi connectivity index (χ3n) is 9.37. The summed E-state index contributed by atoms with van der Waals surface area (Å²) in [5.41, 5.74) is 12.8. The Hall–Kier alpha value is -5.74. The molecule has 44 heavy (non-hydrogen) atoms. The van der Waals surface area contributed by atoms with Gasteiger partial charge in [0.25, 0.3) is 0 Å². The summed E-state index contributed by atoms with van der Waals surface area (Å²) in [6.45, 7) is 0. The van der Waals surface area contributed by atoms with Crippen LogP contribution in [0.1, 0.15) is 0 Å². The summed E-state index contributed by atoms with van der Waals surface area (Å²) in [5, 5.41) is 11.2. The molecule has 0 radical (unpaired) electrons. The molecule has 0 atom stereocenters. The number of anilines is 2. The van der Waals surface area contributed by atoms with Gasteiger partial charge in [0.1, 0.15) is 11.2 Å². The molecule has 4 heteroatoms. The number of nitrogens with zero attached hydrogens (tertiary/aromatic N) is 1. The number of benzene rings is 7. The average molecular weight is 560 g/mol. The number of furan rings is 1. The number of para-hydroxylation sites is 4. The summed E-state index contributed by atoms with van der Waals surface area (Å²) >= 11 is 0. The summed E-state index contributed by atoms with van der Waals surface area (Å²) in [4.78, 5) is 0. The van der Waals surface area contributed by atoms with Crippen molar-refractivity contribution in [1.29, 1.82) is 0 Å². The van der Waals surface area contributed by atoms with Crippen molar-refractivity contribution in [2.24, 2.45) is 0 Å². The third kappa shape index (κ3) is 3.22. The summed E-state index contributed by atoms with van der Waals surface area (Å²) in [7, 11) is 0.859. The largest absolute Gasteiger partial charge is 0.456 e. The summed E-state index contributed by atoms with van der Waals surface area (Å²) in [5.74, 6) is 0. The molecule has 0 fully saturated rings. The van der Waals surface area contributed by atoms with Crippen LogP contribution in [0.25, 0.3) is 71.3 Å². The van der Waals surface area contributed by atoms with Crippen LogP contribution >= 0.6 is 0 Å². The highest BCUT2D eigenvalue weighted by atomic mass is 16.3. The first-order valence-corrected chi connectivity index (χ1v) is 15.2. The van der Waals surface area contributed by atoms with Crippen molar-refractivity contribution in [2.45, 2.75) is 0 Å². The summed E-state index contributed by atoms with van der Waals surface area (Å²) < 4.78 is 8.91. The van der Waals surface area contributed by atoms with Crippen molar-refractivity contribution in [3.8, 4) is 16.8 Å². The molecule has 10 rings (SSSR count). The van der Waals surface area contributed by atoms with Gasteiger partial charge in [0.2, 0.25) is 0 Å². The Labute approximate surface area is 254 Å². The van der Waals surface area contributed by atoms with E-state index in [4.69, 9.17) is 4.42 Å². The van der Waals surface area contributed by atoms with E-state index in [2.05, 4.69) is 143 Å². The molecule has 1 N–H and O–H groups in total. The molecule has 0 saturated carbocycles. The van der Waals surface area contributed by atoms with Crippen molar-refractivity contribution < 1.29 is 4.42 Å². The molecule has 0 bridgehead atoms. The van der Waals surface area contributed by atoms with Crippen LogP contribution in [0.3, 0.4) is 0 Å². The molecular formula is C40H25BN2O. The van der Waals surface area contributed by atoms with Crippen LogP contribution in [0.5, 0.6) is 0 Å². The molecule has 2 aromatic heterocycles. The zero-order chi connectivity index (χ0) is 28.8. The standard InChI is InChI=1S/C40H25BN2O/c1-2-12-24(13-3-1)42-32-23-36-29(25-14-7-11-21-35(25)44-36)22-30(32)37-26-15-4-5-16-27(26)38-28-17-6-9-19-33(28)43-34-20-10-8-18-31(34)41-39(37)40(38)43/h1-23,41-42H. The van der Waals surface area contributed by atoms with Gasteiger partial charge in [0.05, 0.1) is 11.2 Å². The van der Waals surface area contributed by atoms with E-state index in [-0.39, 0.29) is 0 Å². The van der Waals surface area contributed by atoms with Crippen molar-refractivity contribution in [1.82, 2.24) is 4.57 Å². The first kappa shape index (κ1) is 23.8. The van der Waals surface area contributed by atoms with E-state index >= 15 is 0 Å². The molecule has 7 aromatic carbocycles. The highest BCUT2D eigenvalue weighted by molar-refractivity contribution is 6.74. The van der Waals surface area contributed by atoms with Gasteiger partial charge in [-0.05, 0) is 58.2 Å². The molecule has 0 aliphatic carbocycles. The lowest BCUT2D eigenvalue weighted by molar-refractivity contribution is 0.669. The van der Waals surface area contributed by atoms with Gasteiger partial charge in [-0.25, -0.2) is 0 Å². The van der Waals surface area contributed by atoms with Crippen molar-refractivity contribution in [2.75, 3.05) is 5.32 Å². The predicted octanol–water partition coefficient (Wildman–Crippen LogP) is 8.95. The van der Waals surface area contributed by atoms with Gasteiger partial charge in [-0.1, -0.05) is 103 Å². The Kier molecular flexibility index (Phi) is 4.80. The Bertz CT molecular complexity index is 2610. The lowest BCUT2D eigenvalue weighted by Gasteiger charge is -2.25. The van der Waals surface area contributed by atoms with E-state index in [1.807, 2.05) is 6.07 Å². The van der Waals surface area contributed by atoms with E-state index in [1.54, 1.807) is 0 Å². The molecule has 3 nitrogen and oxygen atoms in total. The maximum atomic E-state index is 6.41. The molecule has 1 aliphatic rings. The average Bonchev–Trinajstić information content (AvgIpc) is 3.62. The van der Waals surface area contributed by atoms with Crippen LogP contribution in [-0.2, 0) is 0 Å². The molecule has 9 aromatic rings. The number of hydrogen-bond donors (Lipinski definition) is 1. The van der Waals surface area contributed by atoms with E-state index in [0.717, 1.165) is 40.6 Å². The van der Waals surface area contributed by atoms with Crippen molar-refractivity contribution in [3.05, 3.63) is 140 Å². The molecule has 0 saturated heterocycles. The second kappa shape index (κ2) is 8.89. The minimum absolute atomic E-state index is 0.859. The Balaban J connectivity index is 1.41. The second-order valence-corrected chi connectivity index (χ2v) is 11.8. The first-order chi connectivity index (χ1) is 21.8. The van der Waals surface area contributed by atoms with Gasteiger partial charge in [-0.3, -0.25) is 0 Å². The summed E-state index contributed by atoms with van der Waals surface area (Å²) in [6.07, 6.45) is 0. The van der Waals surface area contributed by atoms with Crippen LogP contribution in [0.4, 0.5) is 11.4 Å². The SMILES string of the molecule is B1c2ccccc2-n2c3ccccc3c3c4ccccc4c(-c4cc5c(cc4Nc4ccccc4)oc4ccccc45)c1c32. The Morgan fingerprint density at radius 3 is 2.16 bits per heavy atom. The molecule has 0 spiro atoms. The number of aromatic nitrogens is 1. The minimum Gasteiger partial charge on any atom is -0.456 e. The Morgan fingerprint density at radius 2 is 1.27 bits per heavy atom. The number of fused-ring (bicyclic) bond motifs is 10.